The number of nitrogens with zero attached hydrogens (tertiary/aromatic N) is 4. The van der Waals surface area contributed by atoms with Crippen molar-refractivity contribution in [3.63, 3.8) is 0 Å². The fourth-order valence-electron chi connectivity index (χ4n) is 3.43. The van der Waals surface area contributed by atoms with Crippen molar-refractivity contribution in [3.8, 4) is 5.69 Å². The van der Waals surface area contributed by atoms with Crippen molar-refractivity contribution in [2.24, 2.45) is 0 Å². The van der Waals surface area contributed by atoms with Gasteiger partial charge in [-0.25, -0.2) is 9.07 Å². The van der Waals surface area contributed by atoms with Gasteiger partial charge in [-0.3, -0.25) is 14.6 Å². The Bertz CT molecular complexity index is 1020. The predicted octanol–water partition coefficient (Wildman–Crippen LogP) is 2.48. The molecule has 28 heavy (non-hydrogen) atoms. The molecule has 4 rings (SSSR count). The highest BCUT2D eigenvalue weighted by molar-refractivity contribution is 6.06. The third-order valence-corrected chi connectivity index (χ3v) is 4.84. The summed E-state index contributed by atoms with van der Waals surface area (Å²) in [5.74, 6) is -0.747. The Morgan fingerprint density at radius 1 is 1.14 bits per heavy atom. The number of ketones is 1. The average Bonchev–Trinajstić information content (AvgIpc) is 3.35. The molecular weight excluding hydrogens is 361 g/mol. The first-order valence-corrected chi connectivity index (χ1v) is 8.92. The molecule has 1 unspecified atom stereocenters. The maximum atomic E-state index is 13.1. The molecule has 0 spiro atoms. The zero-order valence-electron chi connectivity index (χ0n) is 15.0. The van der Waals surface area contributed by atoms with E-state index in [1.807, 2.05) is 0 Å². The minimum absolute atomic E-state index is 0.161. The van der Waals surface area contributed by atoms with Crippen LogP contribution < -0.4 is 5.73 Å². The number of rotatable bonds is 4. The topological polar surface area (TPSA) is 94.1 Å². The van der Waals surface area contributed by atoms with Gasteiger partial charge in [0.2, 0.25) is 0 Å². The number of hydrogen-bond acceptors (Lipinski definition) is 5. The standard InChI is InChI=1S/C20H18FN5O2/c21-13-6-8-14(9-7-13)26-19(22)15(12-24-26)18(27)17-5-3-11-25(17)20(28)16-4-1-2-10-23-16/h1-2,4,6-10,12,17H,3,5,11,22H2. The van der Waals surface area contributed by atoms with Gasteiger partial charge in [-0.2, -0.15) is 5.10 Å². The van der Waals surface area contributed by atoms with E-state index in [-0.39, 0.29) is 28.9 Å². The number of carbonyl (C=O) groups excluding carboxylic acids is 2. The summed E-state index contributed by atoms with van der Waals surface area (Å²) in [5.41, 5.74) is 7.24. The van der Waals surface area contributed by atoms with Gasteiger partial charge >= 0.3 is 0 Å². The number of nitrogen functional groups attached to an aromatic ring is 1. The number of Topliss-reactive ketones (excluding diaryl/α,β-unsaturated/α-hetero) is 1. The monoisotopic (exact) mass is 379 g/mol. The fraction of sp³-hybridized carbons (Fsp3) is 0.200. The molecule has 7 nitrogen and oxygen atoms in total. The van der Waals surface area contributed by atoms with Crippen molar-refractivity contribution in [2.45, 2.75) is 18.9 Å². The van der Waals surface area contributed by atoms with E-state index in [2.05, 4.69) is 10.1 Å². The van der Waals surface area contributed by atoms with Crippen molar-refractivity contribution in [3.05, 3.63) is 71.9 Å². The second-order valence-electron chi connectivity index (χ2n) is 6.57. The Morgan fingerprint density at radius 3 is 2.64 bits per heavy atom. The minimum atomic E-state index is -0.609. The summed E-state index contributed by atoms with van der Waals surface area (Å²) in [6, 6.07) is 10.1. The molecule has 1 atom stereocenters. The molecule has 8 heteroatoms. The Morgan fingerprint density at radius 2 is 1.93 bits per heavy atom. The largest absolute Gasteiger partial charge is 0.383 e. The van der Waals surface area contributed by atoms with Crippen LogP contribution in [0.15, 0.2) is 54.9 Å². The lowest BCUT2D eigenvalue weighted by Crippen LogP contribution is -2.41. The fourth-order valence-corrected chi connectivity index (χ4v) is 3.43. The van der Waals surface area contributed by atoms with Crippen molar-refractivity contribution >= 4 is 17.5 Å². The van der Waals surface area contributed by atoms with Crippen LogP contribution in [0.3, 0.4) is 0 Å². The summed E-state index contributed by atoms with van der Waals surface area (Å²) in [6.07, 6.45) is 4.22. The van der Waals surface area contributed by atoms with Gasteiger partial charge < -0.3 is 10.6 Å². The highest BCUT2D eigenvalue weighted by Crippen LogP contribution is 2.26. The molecule has 142 valence electrons. The first kappa shape index (κ1) is 17.8. The van der Waals surface area contributed by atoms with E-state index in [1.165, 1.54) is 35.1 Å². The Kier molecular flexibility index (Phi) is 4.60. The number of carbonyl (C=O) groups is 2. The lowest BCUT2D eigenvalue weighted by molar-refractivity contribution is 0.0667. The first-order valence-electron chi connectivity index (χ1n) is 8.92. The van der Waals surface area contributed by atoms with Gasteiger partial charge in [-0.15, -0.1) is 0 Å². The second kappa shape index (κ2) is 7.22. The molecule has 1 aromatic carbocycles. The number of pyridine rings is 1. The van der Waals surface area contributed by atoms with E-state index in [1.54, 1.807) is 29.3 Å². The third kappa shape index (κ3) is 3.13. The Balaban J connectivity index is 1.60. The summed E-state index contributed by atoms with van der Waals surface area (Å²) in [5, 5.41) is 4.17. The molecule has 1 fully saturated rings. The van der Waals surface area contributed by atoms with Crippen LogP contribution in [-0.2, 0) is 0 Å². The Hall–Kier alpha value is -3.55. The predicted molar refractivity (Wildman–Crippen MR) is 101 cm³/mol. The molecule has 0 aliphatic carbocycles. The number of hydrogen-bond donors (Lipinski definition) is 1. The van der Waals surface area contributed by atoms with E-state index >= 15 is 0 Å². The summed E-state index contributed by atoms with van der Waals surface area (Å²) < 4.78 is 14.5. The van der Waals surface area contributed by atoms with Gasteiger partial charge in [0.05, 0.1) is 23.5 Å². The molecule has 1 saturated heterocycles. The number of amides is 1. The number of anilines is 1. The van der Waals surface area contributed by atoms with Crippen molar-refractivity contribution < 1.29 is 14.0 Å². The average molecular weight is 379 g/mol. The molecule has 0 radical (unpaired) electrons. The van der Waals surface area contributed by atoms with Crippen LogP contribution in [0.1, 0.15) is 33.7 Å². The van der Waals surface area contributed by atoms with Crippen LogP contribution in [-0.4, -0.2) is 43.9 Å². The molecule has 2 aromatic heterocycles. The molecule has 1 aliphatic heterocycles. The smallest absolute Gasteiger partial charge is 0.273 e. The highest BCUT2D eigenvalue weighted by Gasteiger charge is 2.36. The first-order chi connectivity index (χ1) is 13.6. The van der Waals surface area contributed by atoms with Crippen LogP contribution in [0.4, 0.5) is 10.2 Å². The van der Waals surface area contributed by atoms with E-state index in [4.69, 9.17) is 5.73 Å². The van der Waals surface area contributed by atoms with Crippen LogP contribution in [0.5, 0.6) is 0 Å². The quantitative estimate of drug-likeness (QED) is 0.703. The molecular formula is C20H18FN5O2. The third-order valence-electron chi connectivity index (χ3n) is 4.84. The summed E-state index contributed by atoms with van der Waals surface area (Å²) in [6.45, 7) is 0.484. The molecule has 0 saturated carbocycles. The Labute approximate surface area is 160 Å². The highest BCUT2D eigenvalue weighted by atomic mass is 19.1. The zero-order valence-corrected chi connectivity index (χ0v) is 15.0. The van der Waals surface area contributed by atoms with Gasteiger partial charge in [0.25, 0.3) is 5.91 Å². The van der Waals surface area contributed by atoms with Gasteiger partial charge in [-0.1, -0.05) is 6.07 Å². The molecule has 1 amide bonds. The van der Waals surface area contributed by atoms with Crippen molar-refractivity contribution in [2.75, 3.05) is 12.3 Å². The summed E-state index contributed by atoms with van der Waals surface area (Å²) in [7, 11) is 0. The van der Waals surface area contributed by atoms with E-state index in [9.17, 15) is 14.0 Å². The number of nitrogens with two attached hydrogens (primary N) is 1. The number of halogens is 1. The van der Waals surface area contributed by atoms with Gasteiger partial charge in [0.1, 0.15) is 17.3 Å². The number of benzene rings is 1. The minimum Gasteiger partial charge on any atom is -0.383 e. The maximum Gasteiger partial charge on any atom is 0.273 e. The van der Waals surface area contributed by atoms with Crippen molar-refractivity contribution in [1.29, 1.82) is 0 Å². The molecule has 3 aromatic rings. The number of aromatic nitrogens is 3. The van der Waals surface area contributed by atoms with Crippen LogP contribution in [0, 0.1) is 5.82 Å². The van der Waals surface area contributed by atoms with Crippen LogP contribution in [0.25, 0.3) is 5.69 Å². The van der Waals surface area contributed by atoms with Crippen molar-refractivity contribution in [1.82, 2.24) is 19.7 Å². The lowest BCUT2D eigenvalue weighted by atomic mass is 10.0. The number of likely N-dealkylation sites (tertiary alicyclic amines) is 1. The van der Waals surface area contributed by atoms with E-state index in [0.29, 0.717) is 24.3 Å². The van der Waals surface area contributed by atoms with E-state index in [0.717, 1.165) is 6.42 Å². The lowest BCUT2D eigenvalue weighted by Gasteiger charge is -2.23. The molecule has 0 bridgehead atoms. The molecule has 2 N–H and O–H groups in total. The second-order valence-corrected chi connectivity index (χ2v) is 6.57. The molecule has 3 heterocycles. The van der Waals surface area contributed by atoms with Gasteiger partial charge in [0.15, 0.2) is 5.78 Å². The van der Waals surface area contributed by atoms with Gasteiger partial charge in [0, 0.05) is 12.7 Å². The van der Waals surface area contributed by atoms with E-state index < -0.39 is 6.04 Å². The SMILES string of the molecule is Nc1c(C(=O)C2CCCN2C(=O)c2ccccn2)cnn1-c1ccc(F)cc1. The summed E-state index contributed by atoms with van der Waals surface area (Å²) in [4.78, 5) is 31.5. The molecule has 1 aliphatic rings. The maximum absolute atomic E-state index is 13.1. The zero-order chi connectivity index (χ0) is 19.7. The normalized spacial score (nSPS) is 16.3. The van der Waals surface area contributed by atoms with Gasteiger partial charge in [-0.05, 0) is 49.2 Å². The van der Waals surface area contributed by atoms with Crippen LogP contribution in [0.2, 0.25) is 0 Å². The van der Waals surface area contributed by atoms with Crippen LogP contribution >= 0.6 is 0 Å². The summed E-state index contributed by atoms with van der Waals surface area (Å²) >= 11 is 0.